The maximum absolute atomic E-state index is 11.8. The van der Waals surface area contributed by atoms with Gasteiger partial charge in [-0.25, -0.2) is 0 Å². The summed E-state index contributed by atoms with van der Waals surface area (Å²) in [4.78, 5) is 0. The first-order chi connectivity index (χ1) is 7.92. The molecule has 0 radical (unpaired) electrons. The molecule has 17 heavy (non-hydrogen) atoms. The van der Waals surface area contributed by atoms with E-state index >= 15 is 0 Å². The molecule has 0 saturated heterocycles. The van der Waals surface area contributed by atoms with E-state index in [0.717, 1.165) is 12.0 Å². The van der Waals surface area contributed by atoms with Crippen molar-refractivity contribution in [2.24, 2.45) is 5.73 Å². The molecule has 1 rings (SSSR count). The van der Waals surface area contributed by atoms with Gasteiger partial charge in [-0.05, 0) is 18.1 Å². The molecule has 0 aliphatic carbocycles. The number of ether oxygens (including phenoxy) is 1. The Morgan fingerprint density at radius 2 is 2.18 bits per heavy atom. The van der Waals surface area contributed by atoms with Crippen LogP contribution in [0.4, 0.5) is 13.2 Å². The Bertz CT molecular complexity index is 336. The van der Waals surface area contributed by atoms with Crippen molar-refractivity contribution >= 4 is 0 Å². The largest absolute Gasteiger partial charge is 0.411 e. The lowest BCUT2D eigenvalue weighted by Gasteiger charge is -2.08. The lowest BCUT2D eigenvalue weighted by atomic mass is 10.1. The van der Waals surface area contributed by atoms with Crippen LogP contribution in [0.5, 0.6) is 0 Å². The lowest BCUT2D eigenvalue weighted by molar-refractivity contribution is -0.174. The van der Waals surface area contributed by atoms with Crippen molar-refractivity contribution in [3.05, 3.63) is 24.0 Å². The van der Waals surface area contributed by atoms with Crippen LogP contribution in [0.2, 0.25) is 0 Å². The number of halogens is 3. The van der Waals surface area contributed by atoms with Crippen LogP contribution in [0.15, 0.2) is 18.5 Å². The molecular weight excluding hydrogens is 233 g/mol. The van der Waals surface area contributed by atoms with Gasteiger partial charge >= 0.3 is 6.18 Å². The number of nitrogens with two attached hydrogens (primary N) is 1. The van der Waals surface area contributed by atoms with Crippen LogP contribution in [0.25, 0.3) is 0 Å². The van der Waals surface area contributed by atoms with Gasteiger partial charge < -0.3 is 15.0 Å². The Kier molecular flexibility index (Phi) is 5.02. The zero-order chi connectivity index (χ0) is 12.9. The van der Waals surface area contributed by atoms with Crippen molar-refractivity contribution < 1.29 is 17.9 Å². The molecule has 0 amide bonds. The predicted octanol–water partition coefficient (Wildman–Crippen LogP) is 2.48. The molecule has 2 N–H and O–H groups in total. The molecule has 0 fully saturated rings. The van der Waals surface area contributed by atoms with Crippen LogP contribution >= 0.6 is 0 Å². The van der Waals surface area contributed by atoms with Gasteiger partial charge in [0.2, 0.25) is 0 Å². The second kappa shape index (κ2) is 6.07. The Labute approximate surface area is 98.4 Å². The van der Waals surface area contributed by atoms with Crippen molar-refractivity contribution in [3.8, 4) is 0 Å². The maximum Gasteiger partial charge on any atom is 0.411 e. The maximum atomic E-state index is 11.8. The molecule has 0 saturated carbocycles. The minimum absolute atomic E-state index is 0.0210. The fourth-order valence-electron chi connectivity index (χ4n) is 1.41. The summed E-state index contributed by atoms with van der Waals surface area (Å²) in [5.41, 5.74) is 6.82. The van der Waals surface area contributed by atoms with E-state index in [1.54, 1.807) is 10.8 Å². The number of nitrogens with zero attached hydrogens (tertiary/aromatic N) is 1. The molecular formula is C11H17F3N2O. The van der Waals surface area contributed by atoms with Crippen LogP contribution in [0.1, 0.15) is 24.9 Å². The van der Waals surface area contributed by atoms with Crippen molar-refractivity contribution in [1.82, 2.24) is 4.57 Å². The van der Waals surface area contributed by atoms with Gasteiger partial charge in [0, 0.05) is 25.0 Å². The van der Waals surface area contributed by atoms with Crippen LogP contribution in [-0.2, 0) is 11.3 Å². The summed E-state index contributed by atoms with van der Waals surface area (Å²) in [5.74, 6) is 0. The predicted molar refractivity (Wildman–Crippen MR) is 58.5 cm³/mol. The third-order valence-electron chi connectivity index (χ3n) is 2.40. The second-order valence-corrected chi connectivity index (χ2v) is 3.87. The number of hydrogen-bond acceptors (Lipinski definition) is 2. The first kappa shape index (κ1) is 14.1. The summed E-state index contributed by atoms with van der Waals surface area (Å²) in [5, 5.41) is 0. The zero-order valence-corrected chi connectivity index (χ0v) is 9.70. The van der Waals surface area contributed by atoms with E-state index in [4.69, 9.17) is 5.73 Å². The van der Waals surface area contributed by atoms with E-state index in [-0.39, 0.29) is 12.6 Å². The van der Waals surface area contributed by atoms with Gasteiger partial charge in [0.25, 0.3) is 0 Å². The van der Waals surface area contributed by atoms with Gasteiger partial charge in [0.15, 0.2) is 0 Å². The molecule has 0 aliphatic heterocycles. The molecule has 6 heteroatoms. The molecule has 3 nitrogen and oxygen atoms in total. The minimum atomic E-state index is -4.26. The SMILES string of the molecule is CCC(N)c1ccn(CCOCC(F)(F)F)c1. The Balaban J connectivity index is 2.30. The molecule has 1 heterocycles. The van der Waals surface area contributed by atoms with Crippen LogP contribution < -0.4 is 5.73 Å². The highest BCUT2D eigenvalue weighted by molar-refractivity contribution is 5.14. The summed E-state index contributed by atoms with van der Waals surface area (Å²) < 4.78 is 41.7. The van der Waals surface area contributed by atoms with Crippen molar-refractivity contribution in [2.75, 3.05) is 13.2 Å². The first-order valence-corrected chi connectivity index (χ1v) is 5.48. The van der Waals surface area contributed by atoms with Gasteiger partial charge in [0.05, 0.1) is 6.61 Å². The average molecular weight is 250 g/mol. The summed E-state index contributed by atoms with van der Waals surface area (Å²) in [6, 6.07) is 1.85. The summed E-state index contributed by atoms with van der Waals surface area (Å²) >= 11 is 0. The lowest BCUT2D eigenvalue weighted by Crippen LogP contribution is -2.18. The average Bonchev–Trinajstić information content (AvgIpc) is 2.70. The monoisotopic (exact) mass is 250 g/mol. The third-order valence-corrected chi connectivity index (χ3v) is 2.40. The molecule has 1 aromatic heterocycles. The van der Waals surface area contributed by atoms with E-state index in [1.807, 2.05) is 19.2 Å². The Morgan fingerprint density at radius 3 is 2.76 bits per heavy atom. The highest BCUT2D eigenvalue weighted by Gasteiger charge is 2.27. The molecule has 98 valence electrons. The number of alkyl halides is 3. The van der Waals surface area contributed by atoms with Gasteiger partial charge in [-0.15, -0.1) is 0 Å². The highest BCUT2D eigenvalue weighted by atomic mass is 19.4. The molecule has 1 unspecified atom stereocenters. The van der Waals surface area contributed by atoms with E-state index in [1.165, 1.54) is 0 Å². The normalized spacial score (nSPS) is 13.9. The van der Waals surface area contributed by atoms with Gasteiger partial charge in [0.1, 0.15) is 6.61 Å². The van der Waals surface area contributed by atoms with Crippen molar-refractivity contribution in [3.63, 3.8) is 0 Å². The second-order valence-electron chi connectivity index (χ2n) is 3.87. The zero-order valence-electron chi connectivity index (χ0n) is 9.70. The summed E-state index contributed by atoms with van der Waals surface area (Å²) in [6.45, 7) is 1.21. The Hall–Kier alpha value is -1.01. The molecule has 0 aromatic carbocycles. The van der Waals surface area contributed by atoms with E-state index in [9.17, 15) is 13.2 Å². The molecule has 0 spiro atoms. The molecule has 1 aromatic rings. The molecule has 1 atom stereocenters. The third kappa shape index (κ3) is 5.23. The van der Waals surface area contributed by atoms with E-state index in [2.05, 4.69) is 4.74 Å². The minimum Gasteiger partial charge on any atom is -0.370 e. The van der Waals surface area contributed by atoms with Gasteiger partial charge in [-0.2, -0.15) is 13.2 Å². The van der Waals surface area contributed by atoms with Gasteiger partial charge in [-0.3, -0.25) is 0 Å². The molecule has 0 bridgehead atoms. The summed E-state index contributed by atoms with van der Waals surface area (Å²) in [7, 11) is 0. The fraction of sp³-hybridized carbons (Fsp3) is 0.636. The van der Waals surface area contributed by atoms with Crippen LogP contribution in [-0.4, -0.2) is 24.0 Å². The van der Waals surface area contributed by atoms with Crippen LogP contribution in [0, 0.1) is 0 Å². The van der Waals surface area contributed by atoms with E-state index < -0.39 is 12.8 Å². The number of rotatable bonds is 6. The quantitative estimate of drug-likeness (QED) is 0.788. The van der Waals surface area contributed by atoms with Crippen LogP contribution in [0.3, 0.4) is 0 Å². The first-order valence-electron chi connectivity index (χ1n) is 5.48. The molecule has 0 aliphatic rings. The van der Waals surface area contributed by atoms with Crippen molar-refractivity contribution in [1.29, 1.82) is 0 Å². The Morgan fingerprint density at radius 1 is 1.47 bits per heavy atom. The fourth-order valence-corrected chi connectivity index (χ4v) is 1.41. The number of aromatic nitrogens is 1. The topological polar surface area (TPSA) is 40.2 Å². The highest BCUT2D eigenvalue weighted by Crippen LogP contribution is 2.15. The van der Waals surface area contributed by atoms with Crippen molar-refractivity contribution in [2.45, 2.75) is 32.1 Å². The van der Waals surface area contributed by atoms with Gasteiger partial charge in [-0.1, -0.05) is 6.92 Å². The summed E-state index contributed by atoms with van der Waals surface area (Å²) in [6.07, 6.45) is 0.202. The standard InChI is InChI=1S/C11H17F3N2O/c1-2-10(15)9-3-4-16(7-9)5-6-17-8-11(12,13)14/h3-4,7,10H,2,5-6,8,15H2,1H3. The van der Waals surface area contributed by atoms with E-state index in [0.29, 0.717) is 6.54 Å². The number of hydrogen-bond donors (Lipinski definition) is 1. The smallest absolute Gasteiger partial charge is 0.370 e.